The number of ether oxygens (including phenoxy) is 1. The Morgan fingerprint density at radius 3 is 2.38 bits per heavy atom. The van der Waals surface area contributed by atoms with E-state index in [-0.39, 0.29) is 24.4 Å². The number of rotatable bonds is 4. The minimum Gasteiger partial charge on any atom is -0.469 e. The second-order valence-corrected chi connectivity index (χ2v) is 4.78. The van der Waals surface area contributed by atoms with Crippen molar-refractivity contribution in [3.63, 3.8) is 0 Å². The zero-order chi connectivity index (χ0) is 12.1. The Morgan fingerprint density at radius 2 is 2.00 bits per heavy atom. The summed E-state index contributed by atoms with van der Waals surface area (Å²) < 4.78 is 4.72. The molecule has 0 radical (unpaired) electrons. The van der Waals surface area contributed by atoms with Gasteiger partial charge in [-0.05, 0) is 45.7 Å². The van der Waals surface area contributed by atoms with Crippen LogP contribution in [0.4, 0.5) is 0 Å². The molecule has 1 saturated heterocycles. The first-order chi connectivity index (χ1) is 7.60. The van der Waals surface area contributed by atoms with E-state index < -0.39 is 0 Å². The molecule has 1 N–H and O–H groups in total. The largest absolute Gasteiger partial charge is 0.469 e. The third-order valence-electron chi connectivity index (χ3n) is 3.57. The van der Waals surface area contributed by atoms with E-state index in [0.717, 1.165) is 25.9 Å². The van der Waals surface area contributed by atoms with Crippen molar-refractivity contribution in [3.8, 4) is 0 Å². The van der Waals surface area contributed by atoms with E-state index in [1.807, 2.05) is 0 Å². The fraction of sp³-hybridized carbons (Fsp3) is 0.917. The van der Waals surface area contributed by atoms with Crippen LogP contribution in [0.1, 0.15) is 26.7 Å². The van der Waals surface area contributed by atoms with Crippen LogP contribution in [0.2, 0.25) is 0 Å². The smallest absolute Gasteiger partial charge is 0.311 e. The summed E-state index contributed by atoms with van der Waals surface area (Å²) in [5, 5.41) is 9.24. The van der Waals surface area contributed by atoms with Gasteiger partial charge in [-0.15, -0.1) is 0 Å². The molecule has 0 aromatic carbocycles. The predicted molar refractivity (Wildman–Crippen MR) is 62.0 cm³/mol. The number of esters is 1. The number of aliphatic hydroxyl groups excluding tert-OH is 1. The van der Waals surface area contributed by atoms with Crippen LogP contribution in [-0.2, 0) is 9.53 Å². The molecular weight excluding hydrogens is 206 g/mol. The Labute approximate surface area is 97.6 Å². The molecule has 16 heavy (non-hydrogen) atoms. The van der Waals surface area contributed by atoms with Gasteiger partial charge in [0.25, 0.3) is 0 Å². The maximum absolute atomic E-state index is 11.5. The molecule has 4 nitrogen and oxygen atoms in total. The van der Waals surface area contributed by atoms with E-state index in [0.29, 0.717) is 6.04 Å². The van der Waals surface area contributed by atoms with Gasteiger partial charge < -0.3 is 14.7 Å². The van der Waals surface area contributed by atoms with Gasteiger partial charge in [-0.1, -0.05) is 0 Å². The molecular formula is C12H23NO3. The number of hydrogen-bond acceptors (Lipinski definition) is 4. The topological polar surface area (TPSA) is 49.8 Å². The van der Waals surface area contributed by atoms with E-state index in [1.165, 1.54) is 7.11 Å². The summed E-state index contributed by atoms with van der Waals surface area (Å²) in [6, 6.07) is 0.562. The summed E-state index contributed by atoms with van der Waals surface area (Å²) in [5.41, 5.74) is 0. The zero-order valence-corrected chi connectivity index (χ0v) is 10.5. The Kier molecular flexibility index (Phi) is 5.22. The summed E-state index contributed by atoms with van der Waals surface area (Å²) in [7, 11) is 1.38. The first-order valence-corrected chi connectivity index (χ1v) is 6.02. The molecule has 0 bridgehead atoms. The first-order valence-electron chi connectivity index (χ1n) is 6.02. The monoisotopic (exact) mass is 229 g/mol. The van der Waals surface area contributed by atoms with Crippen molar-refractivity contribution in [1.29, 1.82) is 0 Å². The SMILES string of the molecule is COC(=O)C(CO)C1CCN(C(C)C)CC1. The van der Waals surface area contributed by atoms with Crippen LogP contribution in [0.15, 0.2) is 0 Å². The molecule has 0 aliphatic carbocycles. The molecule has 0 spiro atoms. The molecule has 4 heteroatoms. The molecule has 0 aromatic heterocycles. The molecule has 1 aliphatic rings. The summed E-state index contributed by atoms with van der Waals surface area (Å²) >= 11 is 0. The maximum atomic E-state index is 11.5. The highest BCUT2D eigenvalue weighted by Gasteiger charge is 2.31. The average Bonchev–Trinajstić information content (AvgIpc) is 2.30. The van der Waals surface area contributed by atoms with Crippen LogP contribution in [0.25, 0.3) is 0 Å². The van der Waals surface area contributed by atoms with Crippen molar-refractivity contribution in [1.82, 2.24) is 4.90 Å². The molecule has 0 aromatic rings. The fourth-order valence-electron chi connectivity index (χ4n) is 2.41. The molecule has 1 aliphatic heterocycles. The second-order valence-electron chi connectivity index (χ2n) is 4.78. The van der Waals surface area contributed by atoms with Gasteiger partial charge in [0.15, 0.2) is 0 Å². The molecule has 0 amide bonds. The van der Waals surface area contributed by atoms with Gasteiger partial charge in [0.2, 0.25) is 0 Å². The molecule has 1 atom stereocenters. The maximum Gasteiger partial charge on any atom is 0.311 e. The van der Waals surface area contributed by atoms with E-state index in [4.69, 9.17) is 4.74 Å². The summed E-state index contributed by atoms with van der Waals surface area (Å²) in [6.07, 6.45) is 1.94. The molecule has 0 saturated carbocycles. The number of likely N-dealkylation sites (tertiary alicyclic amines) is 1. The Morgan fingerprint density at radius 1 is 1.44 bits per heavy atom. The van der Waals surface area contributed by atoms with Crippen molar-refractivity contribution in [2.45, 2.75) is 32.7 Å². The van der Waals surface area contributed by atoms with Gasteiger partial charge in [0.1, 0.15) is 0 Å². The van der Waals surface area contributed by atoms with Crippen molar-refractivity contribution in [3.05, 3.63) is 0 Å². The van der Waals surface area contributed by atoms with Crippen molar-refractivity contribution >= 4 is 5.97 Å². The van der Waals surface area contributed by atoms with E-state index >= 15 is 0 Å². The number of piperidine rings is 1. The lowest BCUT2D eigenvalue weighted by Gasteiger charge is -2.36. The number of carbonyl (C=O) groups excluding carboxylic acids is 1. The minimum absolute atomic E-state index is 0.0982. The summed E-state index contributed by atoms with van der Waals surface area (Å²) in [5.74, 6) is -0.336. The number of methoxy groups -OCH3 is 1. The van der Waals surface area contributed by atoms with Gasteiger partial charge in [0.05, 0.1) is 19.6 Å². The lowest BCUT2D eigenvalue weighted by Crippen LogP contribution is -2.42. The van der Waals surface area contributed by atoms with Crippen LogP contribution in [0.3, 0.4) is 0 Å². The molecule has 1 fully saturated rings. The second kappa shape index (κ2) is 6.21. The van der Waals surface area contributed by atoms with Crippen LogP contribution < -0.4 is 0 Å². The fourth-order valence-corrected chi connectivity index (χ4v) is 2.41. The molecule has 1 rings (SSSR count). The van der Waals surface area contributed by atoms with Gasteiger partial charge in [-0.3, -0.25) is 4.79 Å². The minimum atomic E-state index is -0.334. The predicted octanol–water partition coefficient (Wildman–Crippen LogP) is 0.888. The van der Waals surface area contributed by atoms with Gasteiger partial charge >= 0.3 is 5.97 Å². The number of hydrogen-bond donors (Lipinski definition) is 1. The van der Waals surface area contributed by atoms with Crippen LogP contribution in [-0.4, -0.2) is 48.8 Å². The van der Waals surface area contributed by atoms with E-state index in [2.05, 4.69) is 18.7 Å². The highest BCUT2D eigenvalue weighted by molar-refractivity contribution is 5.72. The van der Waals surface area contributed by atoms with E-state index in [9.17, 15) is 9.90 Å². The van der Waals surface area contributed by atoms with Crippen molar-refractivity contribution < 1.29 is 14.6 Å². The van der Waals surface area contributed by atoms with Crippen molar-refractivity contribution in [2.75, 3.05) is 26.8 Å². The van der Waals surface area contributed by atoms with Crippen molar-refractivity contribution in [2.24, 2.45) is 11.8 Å². The lowest BCUT2D eigenvalue weighted by atomic mass is 9.84. The highest BCUT2D eigenvalue weighted by atomic mass is 16.5. The molecule has 1 heterocycles. The Bertz CT molecular complexity index is 222. The summed E-state index contributed by atoms with van der Waals surface area (Å²) in [6.45, 7) is 6.29. The Hall–Kier alpha value is -0.610. The van der Waals surface area contributed by atoms with Crippen LogP contribution in [0, 0.1) is 11.8 Å². The standard InChI is InChI=1S/C12H23NO3/c1-9(2)13-6-4-10(5-7-13)11(8-14)12(15)16-3/h9-11,14H,4-8H2,1-3H3. The third kappa shape index (κ3) is 3.19. The first kappa shape index (κ1) is 13.5. The summed E-state index contributed by atoms with van der Waals surface area (Å²) in [4.78, 5) is 13.9. The Balaban J connectivity index is 2.48. The molecule has 1 unspecified atom stereocenters. The van der Waals surface area contributed by atoms with Crippen LogP contribution in [0.5, 0.6) is 0 Å². The lowest BCUT2D eigenvalue weighted by molar-refractivity contribution is -0.149. The average molecular weight is 229 g/mol. The van der Waals surface area contributed by atoms with Crippen LogP contribution >= 0.6 is 0 Å². The highest BCUT2D eigenvalue weighted by Crippen LogP contribution is 2.26. The quantitative estimate of drug-likeness (QED) is 0.727. The zero-order valence-electron chi connectivity index (χ0n) is 10.5. The van der Waals surface area contributed by atoms with Gasteiger partial charge in [-0.2, -0.15) is 0 Å². The van der Waals surface area contributed by atoms with Gasteiger partial charge in [0, 0.05) is 6.04 Å². The number of aliphatic hydroxyl groups is 1. The number of nitrogens with zero attached hydrogens (tertiary/aromatic N) is 1. The molecule has 94 valence electrons. The van der Waals surface area contributed by atoms with E-state index in [1.54, 1.807) is 0 Å². The normalized spacial score (nSPS) is 21.1. The number of carbonyl (C=O) groups is 1. The van der Waals surface area contributed by atoms with Gasteiger partial charge in [-0.25, -0.2) is 0 Å². The third-order valence-corrected chi connectivity index (χ3v) is 3.57.